The third-order valence-electron chi connectivity index (χ3n) is 0.658. The van der Waals surface area contributed by atoms with Gasteiger partial charge in [0.25, 0.3) is 0 Å². The van der Waals surface area contributed by atoms with E-state index in [9.17, 15) is 0 Å². The van der Waals surface area contributed by atoms with Crippen LogP contribution >= 0.6 is 11.6 Å². The first-order chi connectivity index (χ1) is 4.95. The maximum absolute atomic E-state index is 5.34. The zero-order valence-electron chi connectivity index (χ0n) is 7.27. The van der Waals surface area contributed by atoms with E-state index in [1.54, 1.807) is 6.92 Å². The van der Waals surface area contributed by atoms with Gasteiger partial charge in [0.2, 0.25) is 0 Å². The van der Waals surface area contributed by atoms with Crippen molar-refractivity contribution in [1.82, 2.24) is 5.48 Å². The molecular formula is C7H14ClNO2. The zero-order chi connectivity index (χ0) is 8.91. The highest BCUT2D eigenvalue weighted by molar-refractivity contribution is 6.25. The Morgan fingerprint density at radius 3 is 2.36 bits per heavy atom. The van der Waals surface area contributed by atoms with Gasteiger partial charge in [-0.1, -0.05) is 11.6 Å². The average molecular weight is 180 g/mol. The van der Waals surface area contributed by atoms with Crippen molar-refractivity contribution in [3.8, 4) is 0 Å². The Bertz CT molecular complexity index is 140. The fraction of sp³-hybridized carbons (Fsp3) is 0.714. The van der Waals surface area contributed by atoms with Crippen LogP contribution in [0.25, 0.3) is 0 Å². The first-order valence-corrected chi connectivity index (χ1v) is 3.77. The highest BCUT2D eigenvalue weighted by atomic mass is 35.5. The molecule has 11 heavy (non-hydrogen) atoms. The van der Waals surface area contributed by atoms with Crippen molar-refractivity contribution >= 4 is 11.6 Å². The Morgan fingerprint density at radius 1 is 1.45 bits per heavy atom. The summed E-state index contributed by atoms with van der Waals surface area (Å²) >= 11 is 5.34. The summed E-state index contributed by atoms with van der Waals surface area (Å²) in [7, 11) is 0. The third kappa shape index (κ3) is 7.65. The van der Waals surface area contributed by atoms with Crippen LogP contribution in [0, 0.1) is 0 Å². The molecule has 0 unspecified atom stereocenters. The van der Waals surface area contributed by atoms with E-state index in [0.29, 0.717) is 5.70 Å². The summed E-state index contributed by atoms with van der Waals surface area (Å²) in [6.45, 7) is 7.41. The van der Waals surface area contributed by atoms with Crippen LogP contribution in [0.3, 0.4) is 0 Å². The molecule has 0 aliphatic rings. The minimum Gasteiger partial charge on any atom is -0.239 e. The van der Waals surface area contributed by atoms with Gasteiger partial charge in [0.15, 0.2) is 0 Å². The summed E-state index contributed by atoms with van der Waals surface area (Å²) in [5, 5.41) is 0. The van der Waals surface area contributed by atoms with Crippen LogP contribution in [-0.4, -0.2) is 5.60 Å². The van der Waals surface area contributed by atoms with Crippen molar-refractivity contribution in [3.63, 3.8) is 0 Å². The van der Waals surface area contributed by atoms with Crippen LogP contribution in [0.5, 0.6) is 0 Å². The van der Waals surface area contributed by atoms with E-state index in [2.05, 4.69) is 10.5 Å². The van der Waals surface area contributed by atoms with E-state index in [-0.39, 0.29) is 5.60 Å². The third-order valence-corrected chi connectivity index (χ3v) is 0.985. The molecule has 0 aromatic carbocycles. The fourth-order valence-corrected chi connectivity index (χ4v) is 0.278. The van der Waals surface area contributed by atoms with E-state index in [0.717, 1.165) is 0 Å². The largest absolute Gasteiger partial charge is 0.239 e. The number of allylic oxidation sites excluding steroid dienone is 1. The van der Waals surface area contributed by atoms with Crippen LogP contribution in [0.4, 0.5) is 0 Å². The summed E-state index contributed by atoms with van der Waals surface area (Å²) in [5.74, 6) is 0. The second kappa shape index (κ2) is 4.59. The van der Waals surface area contributed by atoms with Crippen LogP contribution < -0.4 is 5.48 Å². The quantitative estimate of drug-likeness (QED) is 0.533. The Hall–Kier alpha value is -0.250. The van der Waals surface area contributed by atoms with E-state index in [1.807, 2.05) is 20.8 Å². The molecular weight excluding hydrogens is 166 g/mol. The molecule has 0 fully saturated rings. The second-order valence-corrected chi connectivity index (χ2v) is 3.39. The average Bonchev–Trinajstić information content (AvgIpc) is 1.85. The lowest BCUT2D eigenvalue weighted by Gasteiger charge is -2.17. The molecule has 0 saturated heterocycles. The molecule has 0 bridgehead atoms. The number of halogens is 1. The van der Waals surface area contributed by atoms with E-state index >= 15 is 0 Å². The number of hydrogen-bond donors (Lipinski definition) is 1. The molecule has 4 heteroatoms. The first-order valence-electron chi connectivity index (χ1n) is 3.33. The summed E-state index contributed by atoms with van der Waals surface area (Å²) in [4.78, 5) is 9.54. The normalized spacial score (nSPS) is 13.4. The molecule has 0 spiro atoms. The van der Waals surface area contributed by atoms with E-state index in [4.69, 9.17) is 16.5 Å². The monoisotopic (exact) mass is 179 g/mol. The van der Waals surface area contributed by atoms with Crippen LogP contribution in [0.2, 0.25) is 0 Å². The van der Waals surface area contributed by atoms with Crippen molar-refractivity contribution in [2.24, 2.45) is 0 Å². The zero-order valence-corrected chi connectivity index (χ0v) is 8.03. The van der Waals surface area contributed by atoms with Crippen molar-refractivity contribution < 1.29 is 9.88 Å². The maximum atomic E-state index is 5.34. The van der Waals surface area contributed by atoms with Crippen molar-refractivity contribution in [2.75, 3.05) is 0 Å². The van der Waals surface area contributed by atoms with E-state index < -0.39 is 0 Å². The molecule has 1 N–H and O–H groups in total. The number of nitrogens with one attached hydrogen (secondary N) is 1. The van der Waals surface area contributed by atoms with Gasteiger partial charge in [0.05, 0.1) is 5.60 Å². The van der Waals surface area contributed by atoms with Crippen LogP contribution in [0.15, 0.2) is 11.2 Å². The SMILES string of the molecule is CC(=CCl)NOOC(C)(C)C. The molecule has 0 radical (unpaired) electrons. The molecule has 0 saturated carbocycles. The van der Waals surface area contributed by atoms with Gasteiger partial charge in [-0.25, -0.2) is 10.4 Å². The summed E-state index contributed by atoms with van der Waals surface area (Å²) < 4.78 is 0. The molecule has 0 aliphatic heterocycles. The van der Waals surface area contributed by atoms with Crippen molar-refractivity contribution in [2.45, 2.75) is 33.3 Å². The van der Waals surface area contributed by atoms with E-state index in [1.165, 1.54) is 5.54 Å². The first kappa shape index (κ1) is 10.8. The van der Waals surface area contributed by atoms with Gasteiger partial charge in [-0.15, -0.1) is 4.99 Å². The molecule has 0 rings (SSSR count). The Morgan fingerprint density at radius 2 is 2.00 bits per heavy atom. The Balaban J connectivity index is 3.43. The Labute approximate surface area is 72.2 Å². The fourth-order valence-electron chi connectivity index (χ4n) is 0.234. The van der Waals surface area contributed by atoms with Gasteiger partial charge in [-0.05, 0) is 27.7 Å². The number of hydroxylamine groups is 1. The van der Waals surface area contributed by atoms with Gasteiger partial charge in [-0.2, -0.15) is 0 Å². The molecule has 0 atom stereocenters. The van der Waals surface area contributed by atoms with Crippen LogP contribution in [0.1, 0.15) is 27.7 Å². The molecule has 0 aromatic rings. The van der Waals surface area contributed by atoms with Gasteiger partial charge in [-0.3, -0.25) is 0 Å². The standard InChI is InChI=1S/C7H14ClNO2/c1-6(5-8)9-11-10-7(2,3)4/h5,9H,1-4H3. The predicted octanol–water partition coefficient (Wildman–Crippen LogP) is 2.34. The molecule has 0 aromatic heterocycles. The summed E-state index contributed by atoms with van der Waals surface area (Å²) in [6, 6.07) is 0. The highest BCUT2D eigenvalue weighted by Crippen LogP contribution is 2.06. The molecule has 0 aliphatic carbocycles. The lowest BCUT2D eigenvalue weighted by Crippen LogP contribution is -2.24. The topological polar surface area (TPSA) is 30.5 Å². The lowest BCUT2D eigenvalue weighted by atomic mass is 10.2. The van der Waals surface area contributed by atoms with Gasteiger partial charge >= 0.3 is 0 Å². The molecule has 0 amide bonds. The van der Waals surface area contributed by atoms with Crippen LogP contribution in [-0.2, 0) is 9.88 Å². The summed E-state index contributed by atoms with van der Waals surface area (Å²) in [6.07, 6.45) is 0. The molecule has 3 nitrogen and oxygen atoms in total. The second-order valence-electron chi connectivity index (χ2n) is 3.17. The number of hydrogen-bond acceptors (Lipinski definition) is 3. The predicted molar refractivity (Wildman–Crippen MR) is 44.7 cm³/mol. The van der Waals surface area contributed by atoms with Crippen molar-refractivity contribution in [3.05, 3.63) is 11.2 Å². The minimum absolute atomic E-state index is 0.320. The van der Waals surface area contributed by atoms with Gasteiger partial charge < -0.3 is 0 Å². The lowest BCUT2D eigenvalue weighted by molar-refractivity contribution is -0.378. The molecule has 66 valence electrons. The summed E-state index contributed by atoms with van der Waals surface area (Å²) in [5.41, 5.74) is 4.23. The van der Waals surface area contributed by atoms with Gasteiger partial charge in [0, 0.05) is 11.2 Å². The highest BCUT2D eigenvalue weighted by Gasteiger charge is 2.11. The maximum Gasteiger partial charge on any atom is 0.0977 e. The van der Waals surface area contributed by atoms with Gasteiger partial charge in [0.1, 0.15) is 0 Å². The number of rotatable bonds is 3. The smallest absolute Gasteiger partial charge is 0.0977 e. The molecule has 0 heterocycles. The van der Waals surface area contributed by atoms with Crippen molar-refractivity contribution in [1.29, 1.82) is 0 Å². The Kier molecular flexibility index (Phi) is 4.49. The minimum atomic E-state index is -0.320.